The molecule has 130 valence electrons. The van der Waals surface area contributed by atoms with Crippen molar-refractivity contribution in [3.8, 4) is 11.3 Å². The van der Waals surface area contributed by atoms with Gasteiger partial charge in [0.1, 0.15) is 0 Å². The van der Waals surface area contributed by atoms with Crippen LogP contribution in [-0.2, 0) is 11.3 Å². The predicted octanol–water partition coefficient (Wildman–Crippen LogP) is 2.51. The molecule has 2 aromatic rings. The van der Waals surface area contributed by atoms with Gasteiger partial charge in [-0.1, -0.05) is 12.1 Å². The summed E-state index contributed by atoms with van der Waals surface area (Å²) in [5.74, 6) is 0. The first-order valence-electron chi connectivity index (χ1n) is 8.85. The van der Waals surface area contributed by atoms with Crippen LogP contribution in [0.4, 0.5) is 0 Å². The number of hydrogen-bond acceptors (Lipinski definition) is 4. The summed E-state index contributed by atoms with van der Waals surface area (Å²) < 4.78 is 5.38. The van der Waals surface area contributed by atoms with Gasteiger partial charge in [0.2, 0.25) is 0 Å². The summed E-state index contributed by atoms with van der Waals surface area (Å²) in [5.41, 5.74) is 6.19. The Morgan fingerprint density at radius 2 is 2.04 bits per heavy atom. The molecule has 1 aromatic carbocycles. The number of benzene rings is 1. The second-order valence-corrected chi connectivity index (χ2v) is 6.55. The van der Waals surface area contributed by atoms with E-state index in [4.69, 9.17) is 4.74 Å². The lowest BCUT2D eigenvalue weighted by molar-refractivity contribution is 0.0374. The molecule has 0 radical (unpaired) electrons. The Kier molecular flexibility index (Phi) is 6.01. The summed E-state index contributed by atoms with van der Waals surface area (Å²) in [6.07, 6.45) is 3.09. The lowest BCUT2D eigenvalue weighted by Crippen LogP contribution is -2.37. The van der Waals surface area contributed by atoms with E-state index in [-0.39, 0.29) is 0 Å². The number of aromatic amines is 1. The van der Waals surface area contributed by atoms with Gasteiger partial charge in [0.25, 0.3) is 0 Å². The fourth-order valence-electron chi connectivity index (χ4n) is 3.07. The molecule has 0 unspecified atom stereocenters. The van der Waals surface area contributed by atoms with Crippen molar-refractivity contribution < 1.29 is 4.74 Å². The largest absolute Gasteiger partial charge is 0.379 e. The van der Waals surface area contributed by atoms with Gasteiger partial charge in [0, 0.05) is 30.8 Å². The topological polar surface area (TPSA) is 53.2 Å². The SMILES string of the molecule is Cc1ccc(-c2[nH]ncc2CNCCCN2CCOCC2)cc1C. The normalized spacial score (nSPS) is 15.8. The number of aromatic nitrogens is 2. The minimum atomic E-state index is 0.849. The van der Waals surface area contributed by atoms with Gasteiger partial charge in [-0.2, -0.15) is 5.10 Å². The van der Waals surface area contributed by atoms with Crippen molar-refractivity contribution in [3.05, 3.63) is 41.1 Å². The average Bonchev–Trinajstić information content (AvgIpc) is 3.06. The molecule has 0 bridgehead atoms. The van der Waals surface area contributed by atoms with Crippen molar-refractivity contribution in [2.75, 3.05) is 39.4 Å². The molecule has 0 amide bonds. The van der Waals surface area contributed by atoms with Crippen molar-refractivity contribution in [1.82, 2.24) is 20.4 Å². The summed E-state index contributed by atoms with van der Waals surface area (Å²) in [6.45, 7) is 11.2. The second-order valence-electron chi connectivity index (χ2n) is 6.55. The van der Waals surface area contributed by atoms with Gasteiger partial charge >= 0.3 is 0 Å². The molecular weight excluding hydrogens is 300 g/mol. The summed E-state index contributed by atoms with van der Waals surface area (Å²) in [7, 11) is 0. The third-order valence-corrected chi connectivity index (χ3v) is 4.76. The molecule has 5 nitrogen and oxygen atoms in total. The van der Waals surface area contributed by atoms with E-state index in [1.165, 1.54) is 22.3 Å². The van der Waals surface area contributed by atoms with E-state index in [0.29, 0.717) is 0 Å². The van der Waals surface area contributed by atoms with Gasteiger partial charge < -0.3 is 10.1 Å². The van der Waals surface area contributed by atoms with E-state index in [2.05, 4.69) is 52.5 Å². The Morgan fingerprint density at radius 1 is 1.21 bits per heavy atom. The molecule has 0 spiro atoms. The van der Waals surface area contributed by atoms with E-state index in [9.17, 15) is 0 Å². The first-order valence-corrected chi connectivity index (χ1v) is 8.85. The van der Waals surface area contributed by atoms with Crippen LogP contribution in [0.2, 0.25) is 0 Å². The third-order valence-electron chi connectivity index (χ3n) is 4.76. The van der Waals surface area contributed by atoms with Crippen molar-refractivity contribution in [2.45, 2.75) is 26.8 Å². The quantitative estimate of drug-likeness (QED) is 0.767. The van der Waals surface area contributed by atoms with Crippen LogP contribution in [0.5, 0.6) is 0 Å². The molecule has 1 aliphatic rings. The van der Waals surface area contributed by atoms with Crippen molar-refractivity contribution in [1.29, 1.82) is 0 Å². The molecule has 0 atom stereocenters. The Balaban J connectivity index is 1.47. The summed E-state index contributed by atoms with van der Waals surface area (Å²) >= 11 is 0. The van der Waals surface area contributed by atoms with E-state index in [1.807, 2.05) is 6.20 Å². The molecule has 1 aliphatic heterocycles. The van der Waals surface area contributed by atoms with Crippen molar-refractivity contribution in [3.63, 3.8) is 0 Å². The highest BCUT2D eigenvalue weighted by atomic mass is 16.5. The number of hydrogen-bond donors (Lipinski definition) is 2. The molecule has 0 aliphatic carbocycles. The Morgan fingerprint density at radius 3 is 2.83 bits per heavy atom. The van der Waals surface area contributed by atoms with Gasteiger partial charge in [-0.05, 0) is 50.6 Å². The summed E-state index contributed by atoms with van der Waals surface area (Å²) in [5, 5.41) is 10.9. The number of morpholine rings is 1. The lowest BCUT2D eigenvalue weighted by atomic mass is 10.0. The maximum atomic E-state index is 5.38. The van der Waals surface area contributed by atoms with Crippen LogP contribution in [0, 0.1) is 13.8 Å². The van der Waals surface area contributed by atoms with Crippen LogP contribution in [0.3, 0.4) is 0 Å². The number of H-pyrrole nitrogens is 1. The maximum absolute atomic E-state index is 5.38. The van der Waals surface area contributed by atoms with Crippen LogP contribution in [0.1, 0.15) is 23.1 Å². The Hall–Kier alpha value is -1.69. The summed E-state index contributed by atoms with van der Waals surface area (Å²) in [6, 6.07) is 6.56. The highest BCUT2D eigenvalue weighted by molar-refractivity contribution is 5.64. The molecule has 1 saturated heterocycles. The molecule has 24 heavy (non-hydrogen) atoms. The van der Waals surface area contributed by atoms with Crippen LogP contribution in [0.25, 0.3) is 11.3 Å². The molecule has 1 fully saturated rings. The van der Waals surface area contributed by atoms with Crippen molar-refractivity contribution in [2.24, 2.45) is 0 Å². The van der Waals surface area contributed by atoms with E-state index in [0.717, 1.165) is 58.1 Å². The van der Waals surface area contributed by atoms with Gasteiger partial charge in [0.15, 0.2) is 0 Å². The molecule has 0 saturated carbocycles. The molecule has 2 heterocycles. The van der Waals surface area contributed by atoms with Gasteiger partial charge in [0.05, 0.1) is 25.1 Å². The molecule has 2 N–H and O–H groups in total. The Labute approximate surface area is 144 Å². The van der Waals surface area contributed by atoms with Crippen LogP contribution in [0.15, 0.2) is 24.4 Å². The zero-order valence-corrected chi connectivity index (χ0v) is 14.8. The Bertz CT molecular complexity index is 647. The standard InChI is InChI=1S/C19H28N4O/c1-15-4-5-17(12-16(15)2)19-18(14-21-22-19)13-20-6-3-7-23-8-10-24-11-9-23/h4-5,12,14,20H,3,6-11,13H2,1-2H3,(H,21,22). The molecule has 5 heteroatoms. The van der Waals surface area contributed by atoms with Gasteiger partial charge in [-0.15, -0.1) is 0 Å². The number of aryl methyl sites for hydroxylation is 2. The second kappa shape index (κ2) is 8.42. The van der Waals surface area contributed by atoms with Crippen LogP contribution in [-0.4, -0.2) is 54.5 Å². The highest BCUT2D eigenvalue weighted by Crippen LogP contribution is 2.23. The van der Waals surface area contributed by atoms with Gasteiger partial charge in [-0.25, -0.2) is 0 Å². The highest BCUT2D eigenvalue weighted by Gasteiger charge is 2.10. The lowest BCUT2D eigenvalue weighted by Gasteiger charge is -2.26. The zero-order chi connectivity index (χ0) is 16.8. The minimum absolute atomic E-state index is 0.849. The van der Waals surface area contributed by atoms with Crippen molar-refractivity contribution >= 4 is 0 Å². The molecule has 3 rings (SSSR count). The van der Waals surface area contributed by atoms with E-state index in [1.54, 1.807) is 0 Å². The number of ether oxygens (including phenoxy) is 1. The smallest absolute Gasteiger partial charge is 0.0695 e. The predicted molar refractivity (Wildman–Crippen MR) is 97.1 cm³/mol. The monoisotopic (exact) mass is 328 g/mol. The minimum Gasteiger partial charge on any atom is -0.379 e. The van der Waals surface area contributed by atoms with E-state index >= 15 is 0 Å². The maximum Gasteiger partial charge on any atom is 0.0695 e. The van der Waals surface area contributed by atoms with Crippen LogP contribution < -0.4 is 5.32 Å². The molecular formula is C19H28N4O. The van der Waals surface area contributed by atoms with E-state index < -0.39 is 0 Å². The fourth-order valence-corrected chi connectivity index (χ4v) is 3.07. The third kappa shape index (κ3) is 4.44. The van der Waals surface area contributed by atoms with Gasteiger partial charge in [-0.3, -0.25) is 10.00 Å². The zero-order valence-electron chi connectivity index (χ0n) is 14.8. The molecule has 1 aromatic heterocycles. The number of nitrogens with zero attached hydrogens (tertiary/aromatic N) is 2. The average molecular weight is 328 g/mol. The first kappa shape index (κ1) is 17.1. The van der Waals surface area contributed by atoms with Crippen LogP contribution >= 0.6 is 0 Å². The first-order chi connectivity index (χ1) is 11.7. The number of nitrogens with one attached hydrogen (secondary N) is 2. The fraction of sp³-hybridized carbons (Fsp3) is 0.526. The summed E-state index contributed by atoms with van der Waals surface area (Å²) in [4.78, 5) is 2.48. The number of rotatable bonds is 7.